The highest BCUT2D eigenvalue weighted by Crippen LogP contribution is 2.27. The van der Waals surface area contributed by atoms with Crippen molar-refractivity contribution in [3.05, 3.63) is 23.5 Å². The van der Waals surface area contributed by atoms with Crippen LogP contribution in [0.5, 0.6) is 0 Å². The maximum atomic E-state index is 12.6. The van der Waals surface area contributed by atoms with E-state index in [1.807, 2.05) is 9.47 Å². The smallest absolute Gasteiger partial charge is 0.295 e. The van der Waals surface area contributed by atoms with E-state index < -0.39 is 6.29 Å². The summed E-state index contributed by atoms with van der Waals surface area (Å²) < 4.78 is 12.2. The van der Waals surface area contributed by atoms with Gasteiger partial charge < -0.3 is 18.9 Å². The number of ether oxygens (including phenoxy) is 2. The van der Waals surface area contributed by atoms with E-state index in [0.29, 0.717) is 25.3 Å². The number of fused-ring (bicyclic) bond motifs is 1. The largest absolute Gasteiger partial charge is 0.432 e. The van der Waals surface area contributed by atoms with Crippen LogP contribution in [0.15, 0.2) is 12.1 Å². The first-order valence-corrected chi connectivity index (χ1v) is 6.93. The molecule has 108 valence electrons. The van der Waals surface area contributed by atoms with Gasteiger partial charge in [0.1, 0.15) is 5.69 Å². The molecule has 1 saturated heterocycles. The molecule has 1 amide bonds. The second kappa shape index (κ2) is 5.28. The molecule has 1 fully saturated rings. The molecule has 6 nitrogen and oxygen atoms in total. The minimum Gasteiger partial charge on any atom is -0.432 e. The summed E-state index contributed by atoms with van der Waals surface area (Å²) in [7, 11) is 0. The lowest BCUT2D eigenvalue weighted by atomic mass is 10.2. The molecule has 2 aliphatic rings. The van der Waals surface area contributed by atoms with Gasteiger partial charge in [-0.15, -0.1) is 0 Å². The first-order chi connectivity index (χ1) is 9.72. The lowest BCUT2D eigenvalue weighted by Gasteiger charge is -2.27. The third kappa shape index (κ3) is 2.10. The molecular formula is C14H18N2O4. The summed E-state index contributed by atoms with van der Waals surface area (Å²) in [5, 5.41) is 0. The van der Waals surface area contributed by atoms with Crippen molar-refractivity contribution in [1.82, 2.24) is 9.47 Å². The molecule has 0 aliphatic carbocycles. The Bertz CT molecular complexity index is 525. The maximum absolute atomic E-state index is 12.6. The predicted octanol–water partition coefficient (Wildman–Crippen LogP) is 1.31. The van der Waals surface area contributed by atoms with Crippen LogP contribution in [0.4, 0.5) is 0 Å². The van der Waals surface area contributed by atoms with Crippen LogP contribution < -0.4 is 0 Å². The fraction of sp³-hybridized carbons (Fsp3) is 0.571. The Labute approximate surface area is 117 Å². The zero-order chi connectivity index (χ0) is 14.1. The summed E-state index contributed by atoms with van der Waals surface area (Å²) in [4.78, 5) is 25.0. The van der Waals surface area contributed by atoms with Gasteiger partial charge in [-0.3, -0.25) is 9.59 Å². The van der Waals surface area contributed by atoms with E-state index in [4.69, 9.17) is 9.47 Å². The summed E-state index contributed by atoms with van der Waals surface area (Å²) >= 11 is 0. The van der Waals surface area contributed by atoms with Crippen LogP contribution in [0.3, 0.4) is 0 Å². The molecule has 1 aromatic rings. The van der Waals surface area contributed by atoms with E-state index in [2.05, 4.69) is 6.92 Å². The first kappa shape index (κ1) is 13.2. The topological polar surface area (TPSA) is 60.8 Å². The Balaban J connectivity index is 1.88. The number of nitrogens with zero attached hydrogens (tertiary/aromatic N) is 2. The van der Waals surface area contributed by atoms with Gasteiger partial charge in [-0.05, 0) is 31.9 Å². The van der Waals surface area contributed by atoms with E-state index in [1.54, 1.807) is 12.1 Å². The summed E-state index contributed by atoms with van der Waals surface area (Å²) in [6, 6.07) is 3.87. The van der Waals surface area contributed by atoms with Gasteiger partial charge in [0, 0.05) is 19.1 Å². The zero-order valence-electron chi connectivity index (χ0n) is 11.4. The van der Waals surface area contributed by atoms with Gasteiger partial charge in [-0.25, -0.2) is 0 Å². The number of rotatable bonds is 3. The SMILES string of the molecule is C[C@H]1CCCN1C(=O)c1ccc2n1CCOC2OC=O. The average molecular weight is 278 g/mol. The molecule has 2 aliphatic heterocycles. The van der Waals surface area contributed by atoms with Crippen LogP contribution in [0, 0.1) is 0 Å². The molecule has 20 heavy (non-hydrogen) atoms. The molecule has 3 rings (SSSR count). The fourth-order valence-electron chi connectivity index (χ4n) is 3.00. The number of hydrogen-bond donors (Lipinski definition) is 0. The molecule has 0 N–H and O–H groups in total. The Morgan fingerprint density at radius 3 is 3.00 bits per heavy atom. The standard InChI is InChI=1S/C14H18N2O4/c1-10-3-2-6-15(10)13(18)11-4-5-12-14(20-9-17)19-8-7-16(11)12/h4-5,9-10,14H,2-3,6-8H2,1H3/t10-,14?/m0/s1. The van der Waals surface area contributed by atoms with Gasteiger partial charge in [0.05, 0.1) is 12.3 Å². The number of carbonyl (C=O) groups excluding carboxylic acids is 2. The van der Waals surface area contributed by atoms with Crippen LogP contribution >= 0.6 is 0 Å². The molecule has 0 radical (unpaired) electrons. The summed E-state index contributed by atoms with van der Waals surface area (Å²) in [6.07, 6.45) is 1.40. The zero-order valence-corrected chi connectivity index (χ0v) is 11.4. The van der Waals surface area contributed by atoms with Gasteiger partial charge in [0.15, 0.2) is 0 Å². The monoisotopic (exact) mass is 278 g/mol. The highest BCUT2D eigenvalue weighted by atomic mass is 16.7. The maximum Gasteiger partial charge on any atom is 0.295 e. The number of amides is 1. The van der Waals surface area contributed by atoms with E-state index in [-0.39, 0.29) is 11.9 Å². The van der Waals surface area contributed by atoms with Crippen LogP contribution in [-0.2, 0) is 20.8 Å². The van der Waals surface area contributed by atoms with Crippen molar-refractivity contribution in [2.45, 2.75) is 38.6 Å². The third-order valence-corrected chi connectivity index (χ3v) is 4.05. The number of hydrogen-bond acceptors (Lipinski definition) is 4. The Kier molecular flexibility index (Phi) is 3.48. The number of aromatic nitrogens is 1. The Hall–Kier alpha value is -1.82. The molecule has 0 bridgehead atoms. The van der Waals surface area contributed by atoms with Crippen molar-refractivity contribution < 1.29 is 19.1 Å². The third-order valence-electron chi connectivity index (χ3n) is 4.05. The van der Waals surface area contributed by atoms with Gasteiger partial charge in [0.2, 0.25) is 6.29 Å². The van der Waals surface area contributed by atoms with E-state index >= 15 is 0 Å². The van der Waals surface area contributed by atoms with Crippen molar-refractivity contribution in [1.29, 1.82) is 0 Å². The lowest BCUT2D eigenvalue weighted by Crippen LogP contribution is -2.36. The van der Waals surface area contributed by atoms with E-state index in [9.17, 15) is 9.59 Å². The summed E-state index contributed by atoms with van der Waals surface area (Å²) in [6.45, 7) is 4.29. The van der Waals surface area contributed by atoms with E-state index in [0.717, 1.165) is 25.1 Å². The first-order valence-electron chi connectivity index (χ1n) is 6.93. The minimum absolute atomic E-state index is 0.0491. The summed E-state index contributed by atoms with van der Waals surface area (Å²) in [5.74, 6) is 0.0491. The molecule has 0 saturated carbocycles. The van der Waals surface area contributed by atoms with E-state index in [1.165, 1.54) is 0 Å². The molecule has 0 aromatic carbocycles. The van der Waals surface area contributed by atoms with Crippen LogP contribution in [-0.4, -0.2) is 41.0 Å². The number of carbonyl (C=O) groups is 2. The van der Waals surface area contributed by atoms with Gasteiger partial charge >= 0.3 is 0 Å². The molecule has 1 unspecified atom stereocenters. The van der Waals surface area contributed by atoms with Crippen LogP contribution in [0.1, 0.15) is 42.2 Å². The quantitative estimate of drug-likeness (QED) is 0.782. The van der Waals surface area contributed by atoms with Crippen LogP contribution in [0.2, 0.25) is 0 Å². The molecular weight excluding hydrogens is 260 g/mol. The molecule has 2 atom stereocenters. The molecule has 3 heterocycles. The van der Waals surface area contributed by atoms with Crippen molar-refractivity contribution in [2.75, 3.05) is 13.2 Å². The average Bonchev–Trinajstić information content (AvgIpc) is 3.05. The van der Waals surface area contributed by atoms with Gasteiger partial charge in [-0.2, -0.15) is 0 Å². The second-order valence-corrected chi connectivity index (χ2v) is 5.22. The van der Waals surface area contributed by atoms with Crippen molar-refractivity contribution in [2.24, 2.45) is 0 Å². The second-order valence-electron chi connectivity index (χ2n) is 5.22. The highest BCUT2D eigenvalue weighted by molar-refractivity contribution is 5.93. The predicted molar refractivity (Wildman–Crippen MR) is 70.0 cm³/mol. The van der Waals surface area contributed by atoms with Gasteiger partial charge in [-0.1, -0.05) is 0 Å². The van der Waals surface area contributed by atoms with Crippen molar-refractivity contribution in [3.8, 4) is 0 Å². The normalized spacial score (nSPS) is 25.4. The summed E-state index contributed by atoms with van der Waals surface area (Å²) in [5.41, 5.74) is 1.37. The van der Waals surface area contributed by atoms with Crippen molar-refractivity contribution in [3.63, 3.8) is 0 Å². The lowest BCUT2D eigenvalue weighted by molar-refractivity contribution is -0.173. The van der Waals surface area contributed by atoms with Crippen molar-refractivity contribution >= 4 is 12.4 Å². The number of likely N-dealkylation sites (tertiary alicyclic amines) is 1. The Morgan fingerprint density at radius 1 is 1.45 bits per heavy atom. The van der Waals surface area contributed by atoms with Crippen LogP contribution in [0.25, 0.3) is 0 Å². The Morgan fingerprint density at radius 2 is 2.30 bits per heavy atom. The minimum atomic E-state index is -0.709. The molecule has 6 heteroatoms. The van der Waals surface area contributed by atoms with Gasteiger partial charge in [0.25, 0.3) is 12.4 Å². The highest BCUT2D eigenvalue weighted by Gasteiger charge is 2.31. The molecule has 1 aromatic heterocycles. The fourth-order valence-corrected chi connectivity index (χ4v) is 3.00. The molecule has 0 spiro atoms.